The Morgan fingerprint density at radius 1 is 1.29 bits per heavy atom. The zero-order chi connectivity index (χ0) is 12.1. The molecule has 0 unspecified atom stereocenters. The van der Waals surface area contributed by atoms with E-state index in [0.29, 0.717) is 0 Å². The predicted octanol–water partition coefficient (Wildman–Crippen LogP) is 2.74. The van der Waals surface area contributed by atoms with Crippen molar-refractivity contribution in [3.8, 4) is 0 Å². The van der Waals surface area contributed by atoms with Crippen LogP contribution in [0.5, 0.6) is 0 Å². The summed E-state index contributed by atoms with van der Waals surface area (Å²) >= 11 is 0. The third kappa shape index (κ3) is 3.00. The molecule has 0 saturated carbocycles. The zero-order valence-corrected chi connectivity index (χ0v) is 10.2. The van der Waals surface area contributed by atoms with E-state index in [1.807, 2.05) is 37.4 Å². The van der Waals surface area contributed by atoms with Gasteiger partial charge >= 0.3 is 0 Å². The third-order valence-corrected chi connectivity index (χ3v) is 2.46. The van der Waals surface area contributed by atoms with Crippen molar-refractivity contribution >= 4 is 11.6 Å². The lowest BCUT2D eigenvalue weighted by atomic mass is 10.3. The predicted molar refractivity (Wildman–Crippen MR) is 69.2 cm³/mol. The molecule has 0 fully saturated rings. The summed E-state index contributed by atoms with van der Waals surface area (Å²) in [4.78, 5) is 6.57. The molecule has 1 N–H and O–H groups in total. The first-order valence-electron chi connectivity index (χ1n) is 5.74. The minimum absolute atomic E-state index is 0.718. The summed E-state index contributed by atoms with van der Waals surface area (Å²) in [7, 11) is 2.00. The van der Waals surface area contributed by atoms with Crippen LogP contribution in [0.3, 0.4) is 0 Å². The number of furan rings is 1. The van der Waals surface area contributed by atoms with E-state index in [0.717, 1.165) is 30.5 Å². The van der Waals surface area contributed by atoms with E-state index in [-0.39, 0.29) is 0 Å². The molecular weight excluding hydrogens is 214 g/mol. The van der Waals surface area contributed by atoms with Gasteiger partial charge in [0.25, 0.3) is 0 Å². The summed E-state index contributed by atoms with van der Waals surface area (Å²) in [6, 6.07) is 9.81. The normalized spacial score (nSPS) is 10.2. The van der Waals surface area contributed by atoms with Crippen molar-refractivity contribution in [1.29, 1.82) is 0 Å². The molecule has 0 aliphatic rings. The van der Waals surface area contributed by atoms with Crippen LogP contribution in [-0.4, -0.2) is 18.6 Å². The van der Waals surface area contributed by atoms with Crippen LogP contribution < -0.4 is 10.2 Å². The van der Waals surface area contributed by atoms with Gasteiger partial charge < -0.3 is 14.6 Å². The van der Waals surface area contributed by atoms with Gasteiger partial charge in [0.2, 0.25) is 0 Å². The Kier molecular flexibility index (Phi) is 3.65. The summed E-state index contributed by atoms with van der Waals surface area (Å²) in [5.41, 5.74) is 0. The fraction of sp³-hybridized carbons (Fsp3) is 0.308. The van der Waals surface area contributed by atoms with Gasteiger partial charge in [-0.1, -0.05) is 6.07 Å². The van der Waals surface area contributed by atoms with Gasteiger partial charge in [0.15, 0.2) is 0 Å². The van der Waals surface area contributed by atoms with Crippen molar-refractivity contribution in [2.24, 2.45) is 0 Å². The largest absolute Gasteiger partial charge is 0.467 e. The number of hydrogen-bond acceptors (Lipinski definition) is 4. The Hall–Kier alpha value is -1.97. The molecule has 0 aliphatic carbocycles. The Morgan fingerprint density at radius 2 is 2.18 bits per heavy atom. The van der Waals surface area contributed by atoms with E-state index < -0.39 is 0 Å². The van der Waals surface area contributed by atoms with Gasteiger partial charge in [-0.15, -0.1) is 0 Å². The summed E-state index contributed by atoms with van der Waals surface area (Å²) in [6.07, 6.45) is 1.69. The summed E-state index contributed by atoms with van der Waals surface area (Å²) < 4.78 is 5.32. The first kappa shape index (κ1) is 11.5. The van der Waals surface area contributed by atoms with Crippen LogP contribution in [0.25, 0.3) is 0 Å². The lowest BCUT2D eigenvalue weighted by Gasteiger charge is -2.17. The molecule has 0 aromatic carbocycles. The number of nitrogens with zero attached hydrogens (tertiary/aromatic N) is 2. The molecule has 0 saturated heterocycles. The SMILES string of the molecule is CCNc1cccc(N(C)Cc2ccco2)n1. The highest BCUT2D eigenvalue weighted by atomic mass is 16.3. The average molecular weight is 231 g/mol. The van der Waals surface area contributed by atoms with Gasteiger partial charge in [0, 0.05) is 13.6 Å². The molecule has 17 heavy (non-hydrogen) atoms. The molecular formula is C13H17N3O. The number of nitrogens with one attached hydrogen (secondary N) is 1. The van der Waals surface area contributed by atoms with Gasteiger partial charge in [0.05, 0.1) is 12.8 Å². The Balaban J connectivity index is 2.07. The molecule has 0 atom stereocenters. The smallest absolute Gasteiger partial charge is 0.131 e. The van der Waals surface area contributed by atoms with Crippen molar-refractivity contribution in [2.45, 2.75) is 13.5 Å². The molecule has 0 bridgehead atoms. The minimum Gasteiger partial charge on any atom is -0.467 e. The number of aromatic nitrogens is 1. The molecule has 4 heteroatoms. The average Bonchev–Trinajstić information content (AvgIpc) is 2.83. The molecule has 4 nitrogen and oxygen atoms in total. The number of hydrogen-bond donors (Lipinski definition) is 1. The molecule has 0 radical (unpaired) electrons. The fourth-order valence-electron chi connectivity index (χ4n) is 1.63. The Labute approximate surface area is 101 Å². The van der Waals surface area contributed by atoms with Crippen LogP contribution in [-0.2, 0) is 6.54 Å². The van der Waals surface area contributed by atoms with Crippen molar-refractivity contribution < 1.29 is 4.42 Å². The molecule has 90 valence electrons. The van der Waals surface area contributed by atoms with Gasteiger partial charge in [0.1, 0.15) is 17.4 Å². The standard InChI is InChI=1S/C13H17N3O/c1-3-14-12-7-4-8-13(15-12)16(2)10-11-6-5-9-17-11/h4-9H,3,10H2,1-2H3,(H,14,15). The van der Waals surface area contributed by atoms with Crippen LogP contribution in [0, 0.1) is 0 Å². The van der Waals surface area contributed by atoms with Gasteiger partial charge in [-0.2, -0.15) is 0 Å². The molecule has 2 rings (SSSR count). The lowest BCUT2D eigenvalue weighted by molar-refractivity contribution is 0.507. The second-order valence-electron chi connectivity index (χ2n) is 3.85. The van der Waals surface area contributed by atoms with Gasteiger partial charge in [-0.3, -0.25) is 0 Å². The van der Waals surface area contributed by atoms with Crippen LogP contribution in [0.1, 0.15) is 12.7 Å². The third-order valence-electron chi connectivity index (χ3n) is 2.46. The maximum atomic E-state index is 5.32. The quantitative estimate of drug-likeness (QED) is 0.859. The molecule has 0 amide bonds. The molecule has 0 aliphatic heterocycles. The topological polar surface area (TPSA) is 41.3 Å². The van der Waals surface area contributed by atoms with Gasteiger partial charge in [-0.05, 0) is 31.2 Å². The summed E-state index contributed by atoms with van der Waals surface area (Å²) in [5, 5.41) is 3.20. The lowest BCUT2D eigenvalue weighted by Crippen LogP contribution is -2.17. The number of rotatable bonds is 5. The Morgan fingerprint density at radius 3 is 2.88 bits per heavy atom. The molecule has 0 spiro atoms. The summed E-state index contributed by atoms with van der Waals surface area (Å²) in [5.74, 6) is 2.76. The van der Waals surface area contributed by atoms with E-state index in [1.54, 1.807) is 6.26 Å². The van der Waals surface area contributed by atoms with E-state index in [4.69, 9.17) is 4.42 Å². The highest BCUT2D eigenvalue weighted by Gasteiger charge is 2.05. The van der Waals surface area contributed by atoms with Crippen LogP contribution in [0.2, 0.25) is 0 Å². The van der Waals surface area contributed by atoms with Gasteiger partial charge in [-0.25, -0.2) is 4.98 Å². The molecule has 2 heterocycles. The highest BCUT2D eigenvalue weighted by Crippen LogP contribution is 2.15. The van der Waals surface area contributed by atoms with Crippen molar-refractivity contribution in [2.75, 3.05) is 23.8 Å². The van der Waals surface area contributed by atoms with Crippen molar-refractivity contribution in [1.82, 2.24) is 4.98 Å². The first-order valence-corrected chi connectivity index (χ1v) is 5.74. The maximum Gasteiger partial charge on any atom is 0.131 e. The monoisotopic (exact) mass is 231 g/mol. The van der Waals surface area contributed by atoms with E-state index >= 15 is 0 Å². The van der Waals surface area contributed by atoms with Crippen LogP contribution in [0.15, 0.2) is 41.0 Å². The molecule has 2 aromatic rings. The fourth-order valence-corrected chi connectivity index (χ4v) is 1.63. The van der Waals surface area contributed by atoms with E-state index in [1.165, 1.54) is 0 Å². The number of pyridine rings is 1. The van der Waals surface area contributed by atoms with Crippen LogP contribution >= 0.6 is 0 Å². The van der Waals surface area contributed by atoms with Crippen LogP contribution in [0.4, 0.5) is 11.6 Å². The maximum absolute atomic E-state index is 5.32. The first-order chi connectivity index (χ1) is 8.29. The van der Waals surface area contributed by atoms with E-state index in [9.17, 15) is 0 Å². The second kappa shape index (κ2) is 5.39. The second-order valence-corrected chi connectivity index (χ2v) is 3.85. The summed E-state index contributed by atoms with van der Waals surface area (Å²) in [6.45, 7) is 3.65. The zero-order valence-electron chi connectivity index (χ0n) is 10.2. The molecule has 2 aromatic heterocycles. The Bertz CT molecular complexity index is 453. The van der Waals surface area contributed by atoms with Crippen molar-refractivity contribution in [3.63, 3.8) is 0 Å². The minimum atomic E-state index is 0.718. The highest BCUT2D eigenvalue weighted by molar-refractivity contribution is 5.46. The van der Waals surface area contributed by atoms with E-state index in [2.05, 4.69) is 22.1 Å². The number of anilines is 2. The van der Waals surface area contributed by atoms with Crippen molar-refractivity contribution in [3.05, 3.63) is 42.4 Å².